The molecule has 1 aliphatic rings. The van der Waals surface area contributed by atoms with Gasteiger partial charge in [-0.2, -0.15) is 4.98 Å². The Balaban J connectivity index is 1.80. The summed E-state index contributed by atoms with van der Waals surface area (Å²) < 4.78 is 5.48. The minimum absolute atomic E-state index is 0.0894. The Morgan fingerprint density at radius 2 is 2.22 bits per heavy atom. The molecule has 7 heteroatoms. The molecule has 1 fully saturated rings. The smallest absolute Gasteiger partial charge is 0.319 e. The van der Waals surface area contributed by atoms with Crippen LogP contribution in [0, 0.1) is 0 Å². The van der Waals surface area contributed by atoms with E-state index in [1.165, 1.54) is 18.2 Å². The summed E-state index contributed by atoms with van der Waals surface area (Å²) in [5, 5.41) is 6.57. The maximum atomic E-state index is 11.9. The number of rotatable bonds is 4. The van der Waals surface area contributed by atoms with Crippen LogP contribution in [0.15, 0.2) is 5.16 Å². The van der Waals surface area contributed by atoms with E-state index in [0.717, 1.165) is 25.7 Å². The molecule has 0 bridgehead atoms. The van der Waals surface area contributed by atoms with Crippen LogP contribution in [0.2, 0.25) is 0 Å². The van der Waals surface area contributed by atoms with Crippen LogP contribution in [0.1, 0.15) is 39.0 Å². The van der Waals surface area contributed by atoms with Gasteiger partial charge in [-0.15, -0.1) is 5.10 Å². The summed E-state index contributed by atoms with van der Waals surface area (Å²) in [5.74, 6) is 0.0561. The van der Waals surface area contributed by atoms with E-state index in [0.29, 0.717) is 5.16 Å². The molecule has 18 heavy (non-hydrogen) atoms. The van der Waals surface area contributed by atoms with Gasteiger partial charge in [-0.05, 0) is 32.6 Å². The third-order valence-corrected chi connectivity index (χ3v) is 3.87. The van der Waals surface area contributed by atoms with Crippen LogP contribution >= 0.6 is 11.8 Å². The first-order valence-electron chi connectivity index (χ1n) is 6.20. The minimum Gasteiger partial charge on any atom is -0.462 e. The molecule has 0 aliphatic heterocycles. The van der Waals surface area contributed by atoms with Gasteiger partial charge in [0.1, 0.15) is 11.4 Å². The zero-order valence-corrected chi connectivity index (χ0v) is 11.2. The van der Waals surface area contributed by atoms with Crippen molar-refractivity contribution in [3.05, 3.63) is 0 Å². The lowest BCUT2D eigenvalue weighted by atomic mass is 9.98. The Morgan fingerprint density at radius 3 is 2.83 bits per heavy atom. The van der Waals surface area contributed by atoms with E-state index >= 15 is 0 Å². The average Bonchev–Trinajstić information content (AvgIpc) is 2.76. The van der Waals surface area contributed by atoms with E-state index < -0.39 is 0 Å². The van der Waals surface area contributed by atoms with E-state index in [1.54, 1.807) is 6.92 Å². The SMILES string of the molecule is C[C@H](Sc1n[nH]c(N)n1)C(=O)OC1CCCCC1. The largest absolute Gasteiger partial charge is 0.462 e. The fourth-order valence-electron chi connectivity index (χ4n) is 1.96. The van der Waals surface area contributed by atoms with Crippen molar-refractivity contribution >= 4 is 23.7 Å². The number of esters is 1. The summed E-state index contributed by atoms with van der Waals surface area (Å²) in [6.45, 7) is 1.79. The summed E-state index contributed by atoms with van der Waals surface area (Å²) in [6.07, 6.45) is 5.60. The summed E-state index contributed by atoms with van der Waals surface area (Å²) in [7, 11) is 0. The first kappa shape index (κ1) is 13.2. The number of nitrogens with zero attached hydrogens (tertiary/aromatic N) is 2. The highest BCUT2D eigenvalue weighted by Crippen LogP contribution is 2.24. The van der Waals surface area contributed by atoms with Gasteiger partial charge in [0.2, 0.25) is 11.1 Å². The predicted octanol–water partition coefficient (Wildman–Crippen LogP) is 1.74. The molecule has 100 valence electrons. The van der Waals surface area contributed by atoms with Crippen molar-refractivity contribution in [3.63, 3.8) is 0 Å². The van der Waals surface area contributed by atoms with E-state index in [2.05, 4.69) is 15.2 Å². The molecule has 1 heterocycles. The van der Waals surface area contributed by atoms with Crippen LogP contribution in [0.3, 0.4) is 0 Å². The maximum Gasteiger partial charge on any atom is 0.319 e. The summed E-state index contributed by atoms with van der Waals surface area (Å²) >= 11 is 1.25. The molecule has 2 rings (SSSR count). The van der Waals surface area contributed by atoms with Crippen molar-refractivity contribution in [2.75, 3.05) is 5.73 Å². The van der Waals surface area contributed by atoms with Gasteiger partial charge in [-0.3, -0.25) is 4.79 Å². The van der Waals surface area contributed by atoms with Crippen LogP contribution in [-0.2, 0) is 9.53 Å². The standard InChI is InChI=1S/C11H18N4O2S/c1-7(18-11-13-10(12)14-15-11)9(16)17-8-5-3-2-4-6-8/h7-8H,2-6H2,1H3,(H3,12,13,14,15)/t7-/m0/s1. The van der Waals surface area contributed by atoms with E-state index in [9.17, 15) is 4.79 Å². The molecule has 6 nitrogen and oxygen atoms in total. The van der Waals surface area contributed by atoms with E-state index in [4.69, 9.17) is 10.5 Å². The first-order valence-corrected chi connectivity index (χ1v) is 7.08. The molecule has 0 amide bonds. The van der Waals surface area contributed by atoms with Crippen molar-refractivity contribution in [2.24, 2.45) is 0 Å². The molecular weight excluding hydrogens is 252 g/mol. The molecule has 0 unspecified atom stereocenters. The Kier molecular flexibility index (Phi) is 4.46. The fraction of sp³-hybridized carbons (Fsp3) is 0.727. The molecule has 3 N–H and O–H groups in total. The van der Waals surface area contributed by atoms with Crippen LogP contribution in [0.4, 0.5) is 5.95 Å². The molecule has 0 aromatic carbocycles. The Labute approximate surface area is 110 Å². The van der Waals surface area contributed by atoms with Crippen LogP contribution in [0.5, 0.6) is 0 Å². The zero-order valence-electron chi connectivity index (χ0n) is 10.4. The molecular formula is C11H18N4O2S. The average molecular weight is 270 g/mol. The molecule has 0 saturated heterocycles. The lowest BCUT2D eigenvalue weighted by Gasteiger charge is -2.23. The number of anilines is 1. The number of aromatic amines is 1. The van der Waals surface area contributed by atoms with Crippen LogP contribution in [-0.4, -0.2) is 32.5 Å². The zero-order chi connectivity index (χ0) is 13.0. The van der Waals surface area contributed by atoms with Crippen LogP contribution in [0.25, 0.3) is 0 Å². The van der Waals surface area contributed by atoms with Gasteiger partial charge in [0.25, 0.3) is 0 Å². The van der Waals surface area contributed by atoms with Crippen molar-refractivity contribution in [1.29, 1.82) is 0 Å². The molecule has 1 aromatic heterocycles. The van der Waals surface area contributed by atoms with Gasteiger partial charge in [0, 0.05) is 0 Å². The second-order valence-corrected chi connectivity index (χ2v) is 5.77. The first-order chi connectivity index (χ1) is 8.65. The summed E-state index contributed by atoms with van der Waals surface area (Å²) in [4.78, 5) is 15.8. The highest BCUT2D eigenvalue weighted by atomic mass is 32.2. The third-order valence-electron chi connectivity index (χ3n) is 2.93. The summed E-state index contributed by atoms with van der Waals surface area (Å²) in [5.41, 5.74) is 5.42. The number of carbonyl (C=O) groups is 1. The fourth-order valence-corrected chi connectivity index (χ4v) is 2.68. The Bertz CT molecular complexity index is 404. The van der Waals surface area contributed by atoms with Gasteiger partial charge in [0.15, 0.2) is 0 Å². The second kappa shape index (κ2) is 6.08. The predicted molar refractivity (Wildman–Crippen MR) is 69.1 cm³/mol. The molecule has 0 spiro atoms. The number of aromatic nitrogens is 3. The number of nitrogen functional groups attached to an aromatic ring is 1. The van der Waals surface area contributed by atoms with Gasteiger partial charge >= 0.3 is 5.97 Å². The number of hydrogen-bond donors (Lipinski definition) is 2. The second-order valence-electron chi connectivity index (χ2n) is 4.46. The number of hydrogen-bond acceptors (Lipinski definition) is 6. The third kappa shape index (κ3) is 3.63. The van der Waals surface area contributed by atoms with E-state index in [-0.39, 0.29) is 23.3 Å². The lowest BCUT2D eigenvalue weighted by molar-refractivity contribution is -0.149. The molecule has 1 atom stereocenters. The number of ether oxygens (including phenoxy) is 1. The van der Waals surface area contributed by atoms with Crippen molar-refractivity contribution in [3.8, 4) is 0 Å². The highest BCUT2D eigenvalue weighted by Gasteiger charge is 2.23. The molecule has 1 aliphatic carbocycles. The maximum absolute atomic E-state index is 11.9. The van der Waals surface area contributed by atoms with Crippen molar-refractivity contribution < 1.29 is 9.53 Å². The number of nitrogens with two attached hydrogens (primary N) is 1. The van der Waals surface area contributed by atoms with Gasteiger partial charge in [0.05, 0.1) is 0 Å². The molecule has 1 aromatic rings. The topological polar surface area (TPSA) is 93.9 Å². The molecule has 1 saturated carbocycles. The molecule has 0 radical (unpaired) electrons. The minimum atomic E-state index is -0.317. The summed E-state index contributed by atoms with van der Waals surface area (Å²) in [6, 6.07) is 0. The van der Waals surface area contributed by atoms with Crippen LogP contribution < -0.4 is 5.73 Å². The van der Waals surface area contributed by atoms with Crippen molar-refractivity contribution in [1.82, 2.24) is 15.2 Å². The number of nitrogens with one attached hydrogen (secondary N) is 1. The van der Waals surface area contributed by atoms with E-state index in [1.807, 2.05) is 0 Å². The highest BCUT2D eigenvalue weighted by molar-refractivity contribution is 8.00. The Hall–Kier alpha value is -1.24. The number of H-pyrrole nitrogens is 1. The number of thioether (sulfide) groups is 1. The Morgan fingerprint density at radius 1 is 1.50 bits per heavy atom. The quantitative estimate of drug-likeness (QED) is 0.639. The van der Waals surface area contributed by atoms with Gasteiger partial charge in [-0.1, -0.05) is 18.2 Å². The van der Waals surface area contributed by atoms with Gasteiger partial charge < -0.3 is 10.5 Å². The monoisotopic (exact) mass is 270 g/mol. The van der Waals surface area contributed by atoms with Gasteiger partial charge in [-0.25, -0.2) is 5.10 Å². The van der Waals surface area contributed by atoms with Crippen molar-refractivity contribution in [2.45, 2.75) is 55.5 Å². The normalized spacial score (nSPS) is 18.5. The number of carbonyl (C=O) groups excluding carboxylic acids is 1. The lowest BCUT2D eigenvalue weighted by Crippen LogP contribution is -2.26.